The van der Waals surface area contributed by atoms with Crippen LogP contribution in [0.2, 0.25) is 0 Å². The number of ether oxygens (including phenoxy) is 1. The van der Waals surface area contributed by atoms with Crippen LogP contribution in [-0.2, 0) is 25.5 Å². The quantitative estimate of drug-likeness (QED) is 0.146. The molecule has 6 N–H and O–H groups in total. The molecule has 1 saturated heterocycles. The summed E-state index contributed by atoms with van der Waals surface area (Å²) in [7, 11) is 0. The van der Waals surface area contributed by atoms with Crippen LogP contribution in [0.4, 0.5) is 10.5 Å². The van der Waals surface area contributed by atoms with Gasteiger partial charge in [0.1, 0.15) is 17.3 Å². The van der Waals surface area contributed by atoms with Crippen molar-refractivity contribution in [3.05, 3.63) is 77.6 Å². The number of aromatic nitrogens is 5. The molecule has 1 aliphatic carbocycles. The SMILES string of the molecule is Cc1nc(C(=O)N[C@H]2CCCNC2=O)ccc1-c1ccc(C[C@H](N)C(=O)N(C(=O)C2CCC(CNC(=O)OC(C)(C)C)CC2)c2ccc(-c3nn[nH]n3)cc2)cc1. The topological polar surface area (TPSA) is 227 Å². The molecular weight excluding hydrogens is 729 g/mol. The lowest BCUT2D eigenvalue weighted by Crippen LogP contribution is -2.50. The Morgan fingerprint density at radius 2 is 1.65 bits per heavy atom. The summed E-state index contributed by atoms with van der Waals surface area (Å²) >= 11 is 0. The summed E-state index contributed by atoms with van der Waals surface area (Å²) < 4.78 is 5.36. The lowest BCUT2D eigenvalue weighted by atomic mass is 9.81. The number of imide groups is 1. The van der Waals surface area contributed by atoms with Crippen molar-refractivity contribution in [3.8, 4) is 22.5 Å². The molecule has 2 aliphatic rings. The molecule has 0 unspecified atom stereocenters. The van der Waals surface area contributed by atoms with E-state index in [0.717, 1.165) is 23.1 Å². The van der Waals surface area contributed by atoms with Crippen LogP contribution in [0.1, 0.15) is 81.0 Å². The number of piperidine rings is 1. The molecule has 0 bridgehead atoms. The van der Waals surface area contributed by atoms with E-state index in [1.165, 1.54) is 4.90 Å². The maximum atomic E-state index is 14.2. The van der Waals surface area contributed by atoms with E-state index in [9.17, 15) is 24.0 Å². The minimum atomic E-state index is -1.03. The first-order chi connectivity index (χ1) is 27.3. The van der Waals surface area contributed by atoms with Crippen LogP contribution in [-0.4, -0.2) is 86.1 Å². The average Bonchev–Trinajstić information content (AvgIpc) is 3.74. The first-order valence-electron chi connectivity index (χ1n) is 19.4. The number of carbonyl (C=O) groups excluding carboxylic acids is 5. The molecule has 3 heterocycles. The Morgan fingerprint density at radius 1 is 0.947 bits per heavy atom. The number of aryl methyl sites for hydroxylation is 1. The minimum absolute atomic E-state index is 0.179. The Bertz CT molecular complexity index is 2060. The van der Waals surface area contributed by atoms with Gasteiger partial charge in [0, 0.05) is 35.8 Å². The Labute approximate surface area is 331 Å². The number of H-pyrrole nitrogens is 1. The van der Waals surface area contributed by atoms with Gasteiger partial charge in [0.2, 0.25) is 17.6 Å². The van der Waals surface area contributed by atoms with Crippen molar-refractivity contribution in [3.63, 3.8) is 0 Å². The number of rotatable bonds is 11. The van der Waals surface area contributed by atoms with Gasteiger partial charge in [0.25, 0.3) is 11.8 Å². The van der Waals surface area contributed by atoms with E-state index in [2.05, 4.69) is 41.6 Å². The van der Waals surface area contributed by atoms with Gasteiger partial charge in [-0.05, 0) is 125 Å². The van der Waals surface area contributed by atoms with Crippen molar-refractivity contribution in [2.24, 2.45) is 17.6 Å². The van der Waals surface area contributed by atoms with Crippen molar-refractivity contribution in [1.29, 1.82) is 0 Å². The van der Waals surface area contributed by atoms with Gasteiger partial charge < -0.3 is 26.4 Å². The standard InChI is InChI=1S/C41H50N10O6/c1-24-31(19-20-34(45-24)37(53)46-33-6-5-21-43-36(33)52)27-11-7-25(8-12-27)22-32(42)39(55)51(30-17-15-28(16-18-30)35-47-49-50-48-35)38(54)29-13-9-26(10-14-29)23-44-40(56)57-41(2,3)4/h7-8,11-12,15-20,26,29,32-33H,5-6,9-10,13-14,21-23,42H2,1-4H3,(H,43,52)(H,44,56)(H,46,53)(H,47,48,49,50)/t26?,29?,32-,33-/m0/s1. The molecule has 0 radical (unpaired) electrons. The van der Waals surface area contributed by atoms with Crippen molar-refractivity contribution in [2.45, 2.75) is 90.3 Å². The summed E-state index contributed by atoms with van der Waals surface area (Å²) in [5.41, 5.74) is 10.4. The number of pyridine rings is 1. The lowest BCUT2D eigenvalue weighted by molar-refractivity contribution is -0.130. The number of alkyl carbamates (subject to hydrolysis) is 1. The molecule has 1 aliphatic heterocycles. The van der Waals surface area contributed by atoms with Gasteiger partial charge in [-0.3, -0.25) is 19.2 Å². The van der Waals surface area contributed by atoms with Gasteiger partial charge in [0.05, 0.1) is 11.7 Å². The number of aromatic amines is 1. The third-order valence-electron chi connectivity index (χ3n) is 10.2. The predicted molar refractivity (Wildman–Crippen MR) is 211 cm³/mol. The monoisotopic (exact) mass is 778 g/mol. The number of benzene rings is 2. The largest absolute Gasteiger partial charge is 0.444 e. The second-order valence-electron chi connectivity index (χ2n) is 15.7. The fraction of sp³-hybridized carbons (Fsp3) is 0.439. The van der Waals surface area contributed by atoms with Crippen LogP contribution in [0.3, 0.4) is 0 Å². The molecule has 300 valence electrons. The highest BCUT2D eigenvalue weighted by molar-refractivity contribution is 6.17. The highest BCUT2D eigenvalue weighted by Gasteiger charge is 2.36. The number of tetrazole rings is 1. The van der Waals surface area contributed by atoms with Gasteiger partial charge in [-0.1, -0.05) is 30.3 Å². The maximum Gasteiger partial charge on any atom is 0.407 e. The highest BCUT2D eigenvalue weighted by atomic mass is 16.6. The van der Waals surface area contributed by atoms with E-state index in [0.29, 0.717) is 68.0 Å². The van der Waals surface area contributed by atoms with E-state index in [1.54, 1.807) is 30.3 Å². The van der Waals surface area contributed by atoms with Gasteiger partial charge >= 0.3 is 6.09 Å². The minimum Gasteiger partial charge on any atom is -0.444 e. The summed E-state index contributed by atoms with van der Waals surface area (Å²) in [6, 6.07) is 16.2. The van der Waals surface area contributed by atoms with Crippen LogP contribution < -0.4 is 26.6 Å². The Morgan fingerprint density at radius 3 is 2.28 bits per heavy atom. The van der Waals surface area contributed by atoms with Crippen LogP contribution in [0.25, 0.3) is 22.5 Å². The molecule has 57 heavy (non-hydrogen) atoms. The van der Waals surface area contributed by atoms with E-state index < -0.39 is 41.5 Å². The van der Waals surface area contributed by atoms with E-state index >= 15 is 0 Å². The number of hydrogen-bond acceptors (Lipinski definition) is 11. The predicted octanol–water partition coefficient (Wildman–Crippen LogP) is 4.01. The zero-order valence-electron chi connectivity index (χ0n) is 32.7. The van der Waals surface area contributed by atoms with Crippen LogP contribution in [0.5, 0.6) is 0 Å². The van der Waals surface area contributed by atoms with E-state index in [-0.39, 0.29) is 29.8 Å². The molecule has 5 amide bonds. The molecule has 2 aromatic carbocycles. The van der Waals surface area contributed by atoms with E-state index in [4.69, 9.17) is 10.5 Å². The fourth-order valence-corrected chi connectivity index (χ4v) is 7.21. The number of anilines is 1. The Kier molecular flexibility index (Phi) is 12.7. The van der Waals surface area contributed by atoms with Crippen LogP contribution >= 0.6 is 0 Å². The van der Waals surface area contributed by atoms with Crippen LogP contribution in [0, 0.1) is 18.8 Å². The van der Waals surface area contributed by atoms with Crippen molar-refractivity contribution >= 4 is 35.4 Å². The van der Waals surface area contributed by atoms with Crippen LogP contribution in [0.15, 0.2) is 60.7 Å². The molecule has 16 heteroatoms. The van der Waals surface area contributed by atoms with Crippen molar-refractivity contribution < 1.29 is 28.7 Å². The number of nitrogens with two attached hydrogens (primary N) is 1. The summed E-state index contributed by atoms with van der Waals surface area (Å²) in [5.74, 6) is -1.29. The fourth-order valence-electron chi connectivity index (χ4n) is 7.21. The molecule has 1 saturated carbocycles. The number of amides is 5. The number of nitrogens with zero attached hydrogens (tertiary/aromatic N) is 5. The summed E-state index contributed by atoms with van der Waals surface area (Å²) in [5, 5.41) is 22.4. The van der Waals surface area contributed by atoms with Gasteiger partial charge in [-0.25, -0.2) is 14.7 Å². The first-order valence-corrected chi connectivity index (χ1v) is 19.4. The number of hydrogen-bond donors (Lipinski definition) is 5. The normalized spacial score (nSPS) is 18.8. The third-order valence-corrected chi connectivity index (χ3v) is 10.2. The first kappa shape index (κ1) is 40.6. The molecule has 4 aromatic rings. The van der Waals surface area contributed by atoms with Gasteiger partial charge in [-0.15, -0.1) is 10.2 Å². The molecular formula is C41H50N10O6. The maximum absolute atomic E-state index is 14.2. The molecule has 6 rings (SSSR count). The molecule has 16 nitrogen and oxygen atoms in total. The zero-order valence-corrected chi connectivity index (χ0v) is 32.7. The zero-order chi connectivity index (χ0) is 40.7. The Balaban J connectivity index is 1.12. The third kappa shape index (κ3) is 10.4. The van der Waals surface area contributed by atoms with Crippen molar-refractivity contribution in [1.82, 2.24) is 41.6 Å². The number of carbonyl (C=O) groups is 5. The molecule has 0 spiro atoms. The number of nitrogens with one attached hydrogen (secondary N) is 4. The lowest BCUT2D eigenvalue weighted by Gasteiger charge is -2.32. The second kappa shape index (κ2) is 17.8. The summed E-state index contributed by atoms with van der Waals surface area (Å²) in [4.78, 5) is 71.3. The van der Waals surface area contributed by atoms with Crippen molar-refractivity contribution in [2.75, 3.05) is 18.0 Å². The average molecular weight is 779 g/mol. The molecule has 2 atom stereocenters. The smallest absolute Gasteiger partial charge is 0.407 e. The molecule has 2 aromatic heterocycles. The second-order valence-corrected chi connectivity index (χ2v) is 15.7. The molecule has 2 fully saturated rings. The van der Waals surface area contributed by atoms with Gasteiger partial charge in [0.15, 0.2) is 0 Å². The highest BCUT2D eigenvalue weighted by Crippen LogP contribution is 2.32. The summed E-state index contributed by atoms with van der Waals surface area (Å²) in [6.07, 6.45) is 3.60. The Hall–Kier alpha value is -6.03. The summed E-state index contributed by atoms with van der Waals surface area (Å²) in [6.45, 7) is 8.30. The van der Waals surface area contributed by atoms with E-state index in [1.807, 2.05) is 58.0 Å². The van der Waals surface area contributed by atoms with Gasteiger partial charge in [-0.2, -0.15) is 5.21 Å².